The maximum Gasteiger partial charge on any atom is 0.322 e. The summed E-state index contributed by atoms with van der Waals surface area (Å²) in [4.78, 5) is 21.4. The van der Waals surface area contributed by atoms with E-state index in [1.165, 1.54) is 7.05 Å². The van der Waals surface area contributed by atoms with Gasteiger partial charge in [0.25, 0.3) is 5.91 Å². The van der Waals surface area contributed by atoms with Crippen LogP contribution in [0.15, 0.2) is 0 Å². The predicted octanol–water partition coefficient (Wildman–Crippen LogP) is -1.04. The molecule has 0 aromatic heterocycles. The molecule has 0 spiro atoms. The fourth-order valence-corrected chi connectivity index (χ4v) is 0.734. The first-order valence-corrected chi connectivity index (χ1v) is 3.72. The summed E-state index contributed by atoms with van der Waals surface area (Å²) in [6.07, 6.45) is -2.15. The molecule has 0 fully saturated rings. The van der Waals surface area contributed by atoms with E-state index in [0.29, 0.717) is 0 Å². The summed E-state index contributed by atoms with van der Waals surface area (Å²) in [6.45, 7) is 0. The highest BCUT2D eigenvalue weighted by atomic mass is 19.1. The summed E-state index contributed by atoms with van der Waals surface area (Å²) < 4.78 is 17.1. The number of amides is 1. The highest BCUT2D eigenvalue weighted by Crippen LogP contribution is 2.02. The first-order chi connectivity index (χ1) is 6.02. The van der Waals surface area contributed by atoms with Crippen LogP contribution in [-0.2, 0) is 14.3 Å². The summed E-state index contributed by atoms with van der Waals surface area (Å²) in [5.74, 6) is -1.52. The molecule has 76 valence electrons. The summed E-state index contributed by atoms with van der Waals surface area (Å²) >= 11 is 0. The van der Waals surface area contributed by atoms with Crippen LogP contribution in [0.1, 0.15) is 6.42 Å². The van der Waals surface area contributed by atoms with Gasteiger partial charge in [0.05, 0.1) is 7.11 Å². The fourth-order valence-electron chi connectivity index (χ4n) is 0.734. The van der Waals surface area contributed by atoms with Gasteiger partial charge in [-0.05, 0) is 0 Å². The van der Waals surface area contributed by atoms with Crippen LogP contribution in [0.25, 0.3) is 0 Å². The van der Waals surface area contributed by atoms with Gasteiger partial charge in [-0.25, -0.2) is 4.39 Å². The molecule has 0 aliphatic carbocycles. The zero-order valence-corrected chi connectivity index (χ0v) is 7.54. The van der Waals surface area contributed by atoms with Crippen molar-refractivity contribution in [3.05, 3.63) is 0 Å². The minimum Gasteiger partial charge on any atom is -0.468 e. The lowest BCUT2D eigenvalue weighted by Gasteiger charge is -2.11. The van der Waals surface area contributed by atoms with Gasteiger partial charge in [-0.1, -0.05) is 0 Å². The Hall–Kier alpha value is -1.17. The van der Waals surface area contributed by atoms with Crippen molar-refractivity contribution in [2.45, 2.75) is 18.6 Å². The van der Waals surface area contributed by atoms with Crippen LogP contribution in [0.3, 0.4) is 0 Å². The molecule has 0 aromatic rings. The number of methoxy groups -OCH3 is 1. The molecule has 0 saturated heterocycles. The van der Waals surface area contributed by atoms with E-state index < -0.39 is 24.1 Å². The zero-order chi connectivity index (χ0) is 10.4. The van der Waals surface area contributed by atoms with E-state index in [9.17, 15) is 14.0 Å². The fraction of sp³-hybridized carbons (Fsp3) is 0.714. The molecule has 3 N–H and O–H groups in total. The molecule has 0 aromatic carbocycles. The smallest absolute Gasteiger partial charge is 0.322 e. The Morgan fingerprint density at radius 1 is 1.62 bits per heavy atom. The van der Waals surface area contributed by atoms with Crippen LogP contribution in [0.4, 0.5) is 4.39 Å². The van der Waals surface area contributed by atoms with Crippen LogP contribution in [0.2, 0.25) is 0 Å². The van der Waals surface area contributed by atoms with E-state index in [-0.39, 0.29) is 6.42 Å². The lowest BCUT2D eigenvalue weighted by molar-refractivity contribution is -0.143. The van der Waals surface area contributed by atoms with Gasteiger partial charge in [-0.15, -0.1) is 0 Å². The summed E-state index contributed by atoms with van der Waals surface area (Å²) in [5, 5.41) is 2.11. The maximum absolute atomic E-state index is 12.8. The van der Waals surface area contributed by atoms with Gasteiger partial charge in [-0.2, -0.15) is 0 Å². The number of hydrogen-bond donors (Lipinski definition) is 2. The van der Waals surface area contributed by atoms with Gasteiger partial charge >= 0.3 is 5.97 Å². The number of ether oxygens (including phenoxy) is 1. The van der Waals surface area contributed by atoms with E-state index >= 15 is 0 Å². The van der Waals surface area contributed by atoms with Crippen LogP contribution in [0, 0.1) is 0 Å². The van der Waals surface area contributed by atoms with E-state index in [0.717, 1.165) is 7.11 Å². The molecule has 0 heterocycles. The molecule has 0 aliphatic rings. The molecular formula is C7H13FN2O3. The average Bonchev–Trinajstić information content (AvgIpc) is 2.14. The van der Waals surface area contributed by atoms with Gasteiger partial charge in [0.15, 0.2) is 6.17 Å². The third kappa shape index (κ3) is 3.84. The van der Waals surface area contributed by atoms with Crippen molar-refractivity contribution in [2.24, 2.45) is 5.73 Å². The SMILES string of the molecule is CNC(=O)[C@H](F)C[C@H](N)C(=O)OC. The number of esters is 1. The minimum atomic E-state index is -1.78. The third-order valence-corrected chi connectivity index (χ3v) is 1.50. The topological polar surface area (TPSA) is 81.4 Å². The molecule has 0 bridgehead atoms. The summed E-state index contributed by atoms with van der Waals surface area (Å²) in [6, 6.07) is -1.10. The van der Waals surface area contributed by atoms with Crippen LogP contribution < -0.4 is 11.1 Å². The number of rotatable bonds is 4. The van der Waals surface area contributed by atoms with Crippen molar-refractivity contribution >= 4 is 11.9 Å². The number of halogens is 1. The normalized spacial score (nSPS) is 14.5. The first-order valence-electron chi connectivity index (χ1n) is 3.72. The third-order valence-electron chi connectivity index (χ3n) is 1.50. The summed E-state index contributed by atoms with van der Waals surface area (Å²) in [5.41, 5.74) is 5.23. The number of carbonyl (C=O) groups is 2. The Balaban J connectivity index is 3.98. The highest BCUT2D eigenvalue weighted by Gasteiger charge is 2.23. The molecule has 0 rings (SSSR count). The lowest BCUT2D eigenvalue weighted by atomic mass is 10.1. The second-order valence-corrected chi connectivity index (χ2v) is 2.45. The van der Waals surface area contributed by atoms with Gasteiger partial charge < -0.3 is 15.8 Å². The lowest BCUT2D eigenvalue weighted by Crippen LogP contribution is -2.39. The van der Waals surface area contributed by atoms with Crippen molar-refractivity contribution in [1.29, 1.82) is 0 Å². The molecule has 1 amide bonds. The van der Waals surface area contributed by atoms with Gasteiger partial charge in [0.1, 0.15) is 6.04 Å². The van der Waals surface area contributed by atoms with E-state index in [1.54, 1.807) is 0 Å². The van der Waals surface area contributed by atoms with Crippen molar-refractivity contribution < 1.29 is 18.7 Å². The van der Waals surface area contributed by atoms with Crippen LogP contribution in [0.5, 0.6) is 0 Å². The van der Waals surface area contributed by atoms with Crippen molar-refractivity contribution in [3.63, 3.8) is 0 Å². The molecule has 2 atom stereocenters. The molecule has 0 aliphatic heterocycles. The second kappa shape index (κ2) is 5.47. The maximum atomic E-state index is 12.8. The number of hydrogen-bond acceptors (Lipinski definition) is 4. The Kier molecular flexibility index (Phi) is 4.98. The largest absolute Gasteiger partial charge is 0.468 e. The standard InChI is InChI=1S/C7H13FN2O3/c1-10-6(11)4(8)3-5(9)7(12)13-2/h4-5H,3,9H2,1-2H3,(H,10,11)/t4-,5+/m1/s1. The molecule has 6 heteroatoms. The number of carbonyl (C=O) groups excluding carboxylic acids is 2. The monoisotopic (exact) mass is 192 g/mol. The van der Waals surface area contributed by atoms with E-state index in [1.807, 2.05) is 0 Å². The molecule has 13 heavy (non-hydrogen) atoms. The predicted molar refractivity (Wildman–Crippen MR) is 43.6 cm³/mol. The van der Waals surface area contributed by atoms with Crippen molar-refractivity contribution in [1.82, 2.24) is 5.32 Å². The Labute approximate surface area is 75.4 Å². The molecular weight excluding hydrogens is 179 g/mol. The second-order valence-electron chi connectivity index (χ2n) is 2.45. The Bertz CT molecular complexity index is 178. The molecule has 0 unspecified atom stereocenters. The highest BCUT2D eigenvalue weighted by molar-refractivity contribution is 5.82. The minimum absolute atomic E-state index is 0.369. The Morgan fingerprint density at radius 3 is 2.54 bits per heavy atom. The van der Waals surface area contributed by atoms with Crippen molar-refractivity contribution in [2.75, 3.05) is 14.2 Å². The zero-order valence-electron chi connectivity index (χ0n) is 7.54. The number of nitrogens with one attached hydrogen (secondary N) is 1. The van der Waals surface area contributed by atoms with E-state index in [2.05, 4.69) is 10.1 Å². The molecule has 0 saturated carbocycles. The quantitative estimate of drug-likeness (QED) is 0.557. The molecule has 5 nitrogen and oxygen atoms in total. The number of nitrogens with two attached hydrogens (primary N) is 1. The van der Waals surface area contributed by atoms with Crippen LogP contribution >= 0.6 is 0 Å². The number of alkyl halides is 1. The average molecular weight is 192 g/mol. The van der Waals surface area contributed by atoms with Gasteiger partial charge in [0, 0.05) is 13.5 Å². The molecule has 0 radical (unpaired) electrons. The van der Waals surface area contributed by atoms with E-state index in [4.69, 9.17) is 5.73 Å². The van der Waals surface area contributed by atoms with Crippen molar-refractivity contribution in [3.8, 4) is 0 Å². The summed E-state index contributed by atoms with van der Waals surface area (Å²) in [7, 11) is 2.45. The van der Waals surface area contributed by atoms with Gasteiger partial charge in [0.2, 0.25) is 0 Å². The van der Waals surface area contributed by atoms with Gasteiger partial charge in [-0.3, -0.25) is 9.59 Å². The first kappa shape index (κ1) is 11.8. The van der Waals surface area contributed by atoms with Crippen LogP contribution in [-0.4, -0.2) is 38.2 Å². The Morgan fingerprint density at radius 2 is 2.15 bits per heavy atom.